The molecule has 3 aliphatic rings. The number of hydrogen-bond acceptors (Lipinski definition) is 18. The van der Waals surface area contributed by atoms with Crippen molar-refractivity contribution in [2.75, 3.05) is 26.4 Å². The van der Waals surface area contributed by atoms with Gasteiger partial charge < -0.3 is 89.9 Å². The Kier molecular flexibility index (Phi) is 63.4. The largest absolute Gasteiger partial charge is 0.394 e. The van der Waals surface area contributed by atoms with Crippen LogP contribution in [0.5, 0.6) is 0 Å². The summed E-state index contributed by atoms with van der Waals surface area (Å²) in [6, 6.07) is -0.973. The van der Waals surface area contributed by atoms with Crippen LogP contribution < -0.4 is 5.32 Å². The highest BCUT2D eigenvalue weighted by Crippen LogP contribution is 2.34. The topological polar surface area (TPSA) is 307 Å². The lowest BCUT2D eigenvalue weighted by Gasteiger charge is -2.48. The lowest BCUT2D eigenvalue weighted by atomic mass is 9.96. The molecule has 3 aliphatic heterocycles. The average molecular weight is 1530 g/mol. The normalized spacial score (nSPS) is 25.6. The summed E-state index contributed by atoms with van der Waals surface area (Å²) in [5.74, 6) is -0.267. The third kappa shape index (κ3) is 47.5. The number of unbranched alkanes of at least 4 members (excludes halogenated alkanes) is 53. The van der Waals surface area contributed by atoms with Crippen molar-refractivity contribution in [3.05, 3.63) is 36.5 Å². The molecular weight excluding hydrogens is 1360 g/mol. The molecule has 1 amide bonds. The Labute approximate surface area is 651 Å². The Morgan fingerprint density at radius 3 is 0.953 bits per heavy atom. The van der Waals surface area contributed by atoms with Gasteiger partial charge >= 0.3 is 0 Å². The standard InChI is InChI=1S/C88H165NO18/c1-3-5-7-9-11-13-15-17-19-21-23-25-27-29-30-31-32-33-34-35-36-37-38-39-40-42-44-46-48-50-52-54-56-58-60-62-64-66-76(94)89-71(72(93)65-63-61-59-57-55-53-51-49-47-45-43-41-28-26-24-22-20-18-16-14-12-10-8-6-4-2)70-102-86-82(100)79(97)84(74(68-91)104-86)107-88-83(101)80(98)85(75(69-92)105-88)106-87-81(99)78(96)77(95)73(67-90)103-87/h15,17,21,23,63,65,71-75,77-88,90-93,95-101H,3-14,16,18-20,22,24-62,64,66-70H2,1-2H3,(H,89,94)/b17-15-,23-21-,65-63+. The molecule has 3 fully saturated rings. The molecule has 0 aromatic heterocycles. The molecule has 107 heavy (non-hydrogen) atoms. The van der Waals surface area contributed by atoms with Gasteiger partial charge in [0.15, 0.2) is 18.9 Å². The van der Waals surface area contributed by atoms with E-state index >= 15 is 0 Å². The lowest BCUT2D eigenvalue weighted by Crippen LogP contribution is -2.66. The first kappa shape index (κ1) is 99.2. The second-order valence-corrected chi connectivity index (χ2v) is 32.1. The second kappa shape index (κ2) is 68.4. The highest BCUT2D eigenvalue weighted by atomic mass is 16.8. The third-order valence-corrected chi connectivity index (χ3v) is 22.4. The molecule has 3 heterocycles. The van der Waals surface area contributed by atoms with E-state index in [1.807, 2.05) is 6.08 Å². The number of rotatable bonds is 73. The van der Waals surface area contributed by atoms with Crippen molar-refractivity contribution in [3.8, 4) is 0 Å². The number of aliphatic hydroxyl groups excluding tert-OH is 11. The van der Waals surface area contributed by atoms with Crippen molar-refractivity contribution in [1.29, 1.82) is 0 Å². The molecular formula is C88H165NO18. The summed E-state index contributed by atoms with van der Waals surface area (Å²) in [7, 11) is 0. The van der Waals surface area contributed by atoms with Gasteiger partial charge in [-0.2, -0.15) is 0 Å². The van der Waals surface area contributed by atoms with Gasteiger partial charge in [-0.25, -0.2) is 0 Å². The number of carbonyl (C=O) groups is 1. The molecule has 0 aromatic rings. The van der Waals surface area contributed by atoms with Gasteiger partial charge in [0.25, 0.3) is 0 Å². The van der Waals surface area contributed by atoms with E-state index in [9.17, 15) is 61.0 Å². The first-order valence-electron chi connectivity index (χ1n) is 44.7. The van der Waals surface area contributed by atoms with Crippen LogP contribution in [-0.2, 0) is 33.2 Å². The van der Waals surface area contributed by atoms with Crippen LogP contribution >= 0.6 is 0 Å². The molecule has 3 rings (SSSR count). The van der Waals surface area contributed by atoms with E-state index in [-0.39, 0.29) is 18.9 Å². The SMILES string of the molecule is CCCCCCC/C=C\C/C=C\CCCCCCCCCCCCCCCCCCCCCCCCCCCC(=O)NC(COC1OC(CO)C(OC2OC(CO)C(OC3OC(CO)C(O)C(O)C3O)C(O)C2O)C(O)C1O)C(O)/C=C/CCCCCCCCCCCCCCCCCCCCCCCCC. The van der Waals surface area contributed by atoms with Crippen LogP contribution in [-0.4, -0.2) is 193 Å². The van der Waals surface area contributed by atoms with E-state index in [2.05, 4.69) is 43.5 Å². The molecule has 0 aromatic carbocycles. The van der Waals surface area contributed by atoms with Gasteiger partial charge in [0.1, 0.15) is 73.2 Å². The zero-order valence-electron chi connectivity index (χ0n) is 67.9. The number of amides is 1. The Bertz CT molecular complexity index is 2070. The van der Waals surface area contributed by atoms with E-state index in [0.717, 1.165) is 51.4 Å². The number of carbonyl (C=O) groups excluding carboxylic acids is 1. The van der Waals surface area contributed by atoms with Crippen molar-refractivity contribution in [2.24, 2.45) is 0 Å². The number of allylic oxidation sites excluding steroid dienone is 5. The fraction of sp³-hybridized carbons (Fsp3) is 0.920. The number of ether oxygens (including phenoxy) is 6. The summed E-state index contributed by atoms with van der Waals surface area (Å²) < 4.78 is 34.5. The van der Waals surface area contributed by atoms with Crippen LogP contribution in [0.1, 0.15) is 386 Å². The highest BCUT2D eigenvalue weighted by Gasteiger charge is 2.54. The molecule has 0 aliphatic carbocycles. The third-order valence-electron chi connectivity index (χ3n) is 22.4. The van der Waals surface area contributed by atoms with Crippen molar-refractivity contribution < 1.29 is 89.4 Å². The van der Waals surface area contributed by atoms with Crippen LogP contribution in [0, 0.1) is 0 Å². The summed E-state index contributed by atoms with van der Waals surface area (Å²) in [6.07, 6.45) is 60.1. The molecule has 0 spiro atoms. The summed E-state index contributed by atoms with van der Waals surface area (Å²) in [6.45, 7) is 1.79. The van der Waals surface area contributed by atoms with Crippen molar-refractivity contribution >= 4 is 5.91 Å². The smallest absolute Gasteiger partial charge is 0.220 e. The summed E-state index contributed by atoms with van der Waals surface area (Å²) in [4.78, 5) is 13.5. The number of hydrogen-bond donors (Lipinski definition) is 12. The van der Waals surface area contributed by atoms with Gasteiger partial charge in [-0.05, 0) is 51.4 Å². The van der Waals surface area contributed by atoms with Crippen molar-refractivity contribution in [1.82, 2.24) is 5.32 Å². The second-order valence-electron chi connectivity index (χ2n) is 32.1. The van der Waals surface area contributed by atoms with Crippen LogP contribution in [0.4, 0.5) is 0 Å². The maximum atomic E-state index is 13.5. The molecule has 17 unspecified atom stereocenters. The van der Waals surface area contributed by atoms with E-state index in [1.165, 1.54) is 308 Å². The van der Waals surface area contributed by atoms with Gasteiger partial charge in [-0.1, -0.05) is 365 Å². The Hall–Kier alpha value is -1.99. The minimum absolute atomic E-state index is 0.248. The number of aliphatic hydroxyl groups is 11. The van der Waals surface area contributed by atoms with Gasteiger partial charge in [-0.15, -0.1) is 0 Å². The van der Waals surface area contributed by atoms with E-state index in [4.69, 9.17) is 28.4 Å². The molecule has 19 heteroatoms. The fourth-order valence-corrected chi connectivity index (χ4v) is 15.3. The molecule has 0 radical (unpaired) electrons. The minimum atomic E-state index is -1.98. The van der Waals surface area contributed by atoms with Crippen LogP contribution in [0.15, 0.2) is 36.5 Å². The summed E-state index contributed by atoms with van der Waals surface area (Å²) >= 11 is 0. The number of nitrogens with one attached hydrogen (secondary N) is 1. The van der Waals surface area contributed by atoms with Gasteiger partial charge in [0, 0.05) is 6.42 Å². The van der Waals surface area contributed by atoms with Crippen molar-refractivity contribution in [2.45, 2.75) is 491 Å². The predicted molar refractivity (Wildman–Crippen MR) is 429 cm³/mol. The van der Waals surface area contributed by atoms with Gasteiger partial charge in [0.05, 0.1) is 38.6 Å². The summed E-state index contributed by atoms with van der Waals surface area (Å²) in [5, 5.41) is 121. The zero-order chi connectivity index (χ0) is 77.4. The van der Waals surface area contributed by atoms with E-state index in [0.29, 0.717) is 6.42 Å². The Morgan fingerprint density at radius 1 is 0.336 bits per heavy atom. The lowest BCUT2D eigenvalue weighted by molar-refractivity contribution is -0.379. The first-order valence-corrected chi connectivity index (χ1v) is 44.7. The Balaban J connectivity index is 1.31. The van der Waals surface area contributed by atoms with Gasteiger partial charge in [-0.3, -0.25) is 4.79 Å². The molecule has 17 atom stereocenters. The molecule has 0 saturated carbocycles. The minimum Gasteiger partial charge on any atom is -0.394 e. The summed E-state index contributed by atoms with van der Waals surface area (Å²) in [5.41, 5.74) is 0. The van der Waals surface area contributed by atoms with Gasteiger partial charge in [0.2, 0.25) is 5.91 Å². The maximum Gasteiger partial charge on any atom is 0.220 e. The molecule has 630 valence electrons. The van der Waals surface area contributed by atoms with E-state index in [1.54, 1.807) is 6.08 Å². The molecule has 19 nitrogen and oxygen atoms in total. The fourth-order valence-electron chi connectivity index (χ4n) is 15.3. The van der Waals surface area contributed by atoms with Crippen molar-refractivity contribution in [3.63, 3.8) is 0 Å². The quantitative estimate of drug-likeness (QED) is 0.0199. The average Bonchev–Trinajstić information content (AvgIpc) is 0.781. The van der Waals surface area contributed by atoms with Crippen LogP contribution in [0.2, 0.25) is 0 Å². The molecule has 3 saturated heterocycles. The van der Waals surface area contributed by atoms with E-state index < -0.39 is 124 Å². The van der Waals surface area contributed by atoms with Crippen LogP contribution in [0.3, 0.4) is 0 Å². The maximum absolute atomic E-state index is 13.5. The predicted octanol–water partition coefficient (Wildman–Crippen LogP) is 16.6. The monoisotopic (exact) mass is 1520 g/mol. The van der Waals surface area contributed by atoms with Crippen LogP contribution in [0.25, 0.3) is 0 Å². The molecule has 12 N–H and O–H groups in total. The first-order chi connectivity index (χ1) is 52.3. The Morgan fingerprint density at radius 2 is 0.617 bits per heavy atom. The molecule has 0 bridgehead atoms. The highest BCUT2D eigenvalue weighted by molar-refractivity contribution is 5.76. The zero-order valence-corrected chi connectivity index (χ0v) is 67.9.